The maximum absolute atomic E-state index is 6.01. The molecule has 1 atom stereocenters. The van der Waals surface area contributed by atoms with Gasteiger partial charge in [0, 0.05) is 24.0 Å². The first-order chi connectivity index (χ1) is 13.4. The van der Waals surface area contributed by atoms with E-state index >= 15 is 0 Å². The first-order valence-electron chi connectivity index (χ1n) is 9.31. The van der Waals surface area contributed by atoms with Crippen LogP contribution in [-0.2, 0) is 6.54 Å². The van der Waals surface area contributed by atoms with E-state index in [-0.39, 0.29) is 6.10 Å². The number of nitrogens with one attached hydrogen (secondary N) is 1. The van der Waals surface area contributed by atoms with Crippen LogP contribution in [0.3, 0.4) is 0 Å². The summed E-state index contributed by atoms with van der Waals surface area (Å²) in [4.78, 5) is 8.66. The molecule has 2 aromatic rings. The minimum absolute atomic E-state index is 0.114. The van der Waals surface area contributed by atoms with Gasteiger partial charge in [-0.15, -0.1) is 0 Å². The smallest absolute Gasteiger partial charge is 0.213 e. The van der Waals surface area contributed by atoms with E-state index in [1.165, 1.54) is 0 Å². The number of nitrogens with zero attached hydrogens (tertiary/aromatic N) is 2. The Balaban J connectivity index is 1.98. The molecule has 0 aliphatic rings. The number of guanidine groups is 1. The lowest BCUT2D eigenvalue weighted by Crippen LogP contribution is -2.22. The van der Waals surface area contributed by atoms with Crippen LogP contribution in [0, 0.1) is 5.92 Å². The van der Waals surface area contributed by atoms with E-state index < -0.39 is 0 Å². The van der Waals surface area contributed by atoms with Crippen LogP contribution in [-0.4, -0.2) is 31.3 Å². The van der Waals surface area contributed by atoms with Crippen molar-refractivity contribution < 1.29 is 14.2 Å². The molecule has 7 heteroatoms. The van der Waals surface area contributed by atoms with Crippen LogP contribution in [0.15, 0.2) is 41.5 Å². The molecule has 0 bridgehead atoms. The Bertz CT molecular complexity index is 793. The van der Waals surface area contributed by atoms with Gasteiger partial charge in [-0.3, -0.25) is 0 Å². The zero-order valence-corrected chi connectivity index (χ0v) is 17.2. The van der Waals surface area contributed by atoms with Crippen molar-refractivity contribution in [2.75, 3.05) is 19.5 Å². The number of methoxy groups -OCH3 is 2. The molecular weight excluding hydrogens is 356 g/mol. The number of rotatable bonds is 9. The largest absolute Gasteiger partial charge is 0.493 e. The van der Waals surface area contributed by atoms with Crippen LogP contribution in [0.2, 0.25) is 0 Å². The van der Waals surface area contributed by atoms with Gasteiger partial charge in [0.05, 0.1) is 26.9 Å². The predicted octanol–water partition coefficient (Wildman–Crippen LogP) is 3.84. The molecule has 1 heterocycles. The van der Waals surface area contributed by atoms with E-state index in [1.54, 1.807) is 32.5 Å². The molecule has 152 valence electrons. The van der Waals surface area contributed by atoms with E-state index in [2.05, 4.69) is 36.1 Å². The maximum atomic E-state index is 6.01. The number of aliphatic imine (C=N–C) groups is 1. The van der Waals surface area contributed by atoms with Crippen molar-refractivity contribution >= 4 is 11.6 Å². The van der Waals surface area contributed by atoms with Crippen molar-refractivity contribution in [3.8, 4) is 17.4 Å². The number of ether oxygens (including phenoxy) is 3. The average molecular weight is 386 g/mol. The fourth-order valence-corrected chi connectivity index (χ4v) is 2.81. The molecular formula is C21H30N4O3. The van der Waals surface area contributed by atoms with Gasteiger partial charge in [-0.25, -0.2) is 9.98 Å². The molecule has 0 radical (unpaired) electrons. The summed E-state index contributed by atoms with van der Waals surface area (Å²) in [6.07, 6.45) is 2.81. The Hall–Kier alpha value is -2.96. The van der Waals surface area contributed by atoms with Crippen molar-refractivity contribution in [1.82, 2.24) is 4.98 Å². The minimum Gasteiger partial charge on any atom is -0.493 e. The summed E-state index contributed by atoms with van der Waals surface area (Å²) in [6, 6.07) is 9.24. The molecule has 3 N–H and O–H groups in total. The first-order valence-corrected chi connectivity index (χ1v) is 9.31. The van der Waals surface area contributed by atoms with Gasteiger partial charge in [-0.2, -0.15) is 0 Å². The molecule has 0 spiro atoms. The second kappa shape index (κ2) is 10.4. The number of nitrogens with two attached hydrogens (primary N) is 1. The van der Waals surface area contributed by atoms with E-state index in [4.69, 9.17) is 19.9 Å². The topological polar surface area (TPSA) is 91.0 Å². The van der Waals surface area contributed by atoms with Gasteiger partial charge >= 0.3 is 0 Å². The highest BCUT2D eigenvalue weighted by molar-refractivity contribution is 5.92. The van der Waals surface area contributed by atoms with Gasteiger partial charge in [-0.1, -0.05) is 13.8 Å². The van der Waals surface area contributed by atoms with Crippen LogP contribution in [0.1, 0.15) is 32.8 Å². The zero-order valence-electron chi connectivity index (χ0n) is 17.2. The molecule has 0 amide bonds. The highest BCUT2D eigenvalue weighted by Crippen LogP contribution is 2.29. The molecule has 0 aliphatic heterocycles. The van der Waals surface area contributed by atoms with Gasteiger partial charge in [0.1, 0.15) is 0 Å². The summed E-state index contributed by atoms with van der Waals surface area (Å²) >= 11 is 0. The molecule has 0 aliphatic carbocycles. The van der Waals surface area contributed by atoms with Gasteiger partial charge in [-0.05, 0) is 43.0 Å². The summed E-state index contributed by atoms with van der Waals surface area (Å²) in [6.45, 7) is 6.82. The van der Waals surface area contributed by atoms with E-state index in [0.29, 0.717) is 35.8 Å². The Kier molecular flexibility index (Phi) is 7.92. The SMILES string of the molecule is COc1ccc(NC(N)=NCc2ccnc(OC(C)CC(C)C)c2)cc1OC. The number of hydrogen-bond donors (Lipinski definition) is 2. The Morgan fingerprint density at radius 2 is 1.86 bits per heavy atom. The zero-order chi connectivity index (χ0) is 20.5. The normalized spacial score (nSPS) is 12.6. The lowest BCUT2D eigenvalue weighted by atomic mass is 10.1. The molecule has 7 nitrogen and oxygen atoms in total. The van der Waals surface area contributed by atoms with Crippen LogP contribution < -0.4 is 25.3 Å². The summed E-state index contributed by atoms with van der Waals surface area (Å²) in [7, 11) is 3.18. The van der Waals surface area contributed by atoms with Gasteiger partial charge in [0.15, 0.2) is 17.5 Å². The van der Waals surface area contributed by atoms with Crippen molar-refractivity contribution in [3.05, 3.63) is 42.1 Å². The van der Waals surface area contributed by atoms with Gasteiger partial charge < -0.3 is 25.3 Å². The standard InChI is InChI=1S/C21H30N4O3/c1-14(2)10-15(3)28-20-11-16(8-9-23-20)13-24-21(22)25-17-6-7-18(26-4)19(12-17)27-5/h6-9,11-12,14-15H,10,13H2,1-5H3,(H3,22,24,25). The third-order valence-corrected chi connectivity index (χ3v) is 4.01. The fourth-order valence-electron chi connectivity index (χ4n) is 2.81. The fraction of sp³-hybridized carbons (Fsp3) is 0.429. The van der Waals surface area contributed by atoms with Crippen LogP contribution in [0.4, 0.5) is 5.69 Å². The quantitative estimate of drug-likeness (QED) is 0.503. The van der Waals surface area contributed by atoms with E-state index in [0.717, 1.165) is 17.7 Å². The number of anilines is 1. The number of hydrogen-bond acceptors (Lipinski definition) is 5. The third-order valence-electron chi connectivity index (χ3n) is 4.01. The molecule has 28 heavy (non-hydrogen) atoms. The first kappa shape index (κ1) is 21.3. The average Bonchev–Trinajstić information content (AvgIpc) is 2.66. The van der Waals surface area contributed by atoms with Crippen molar-refractivity contribution in [2.24, 2.45) is 16.6 Å². The molecule has 1 unspecified atom stereocenters. The summed E-state index contributed by atoms with van der Waals surface area (Å²) in [5, 5.41) is 3.05. The number of pyridine rings is 1. The molecule has 1 aromatic heterocycles. The molecule has 2 rings (SSSR count). The maximum Gasteiger partial charge on any atom is 0.213 e. The van der Waals surface area contributed by atoms with Crippen LogP contribution >= 0.6 is 0 Å². The molecule has 0 saturated carbocycles. The van der Waals surface area contributed by atoms with Crippen LogP contribution in [0.5, 0.6) is 17.4 Å². The monoisotopic (exact) mass is 386 g/mol. The Morgan fingerprint density at radius 3 is 2.54 bits per heavy atom. The summed E-state index contributed by atoms with van der Waals surface area (Å²) in [5.41, 5.74) is 7.74. The lowest BCUT2D eigenvalue weighted by Gasteiger charge is -2.16. The highest BCUT2D eigenvalue weighted by Gasteiger charge is 2.08. The van der Waals surface area contributed by atoms with Gasteiger partial charge in [0.2, 0.25) is 5.88 Å². The summed E-state index contributed by atoms with van der Waals surface area (Å²) < 4.78 is 16.4. The van der Waals surface area contributed by atoms with Gasteiger partial charge in [0.25, 0.3) is 0 Å². The summed E-state index contributed by atoms with van der Waals surface area (Å²) in [5.74, 6) is 2.75. The minimum atomic E-state index is 0.114. The second-order valence-corrected chi connectivity index (χ2v) is 6.96. The molecule has 0 fully saturated rings. The highest BCUT2D eigenvalue weighted by atomic mass is 16.5. The van der Waals surface area contributed by atoms with Crippen molar-refractivity contribution in [1.29, 1.82) is 0 Å². The van der Waals surface area contributed by atoms with E-state index in [1.807, 2.05) is 18.2 Å². The Morgan fingerprint density at radius 1 is 1.11 bits per heavy atom. The number of aromatic nitrogens is 1. The van der Waals surface area contributed by atoms with Crippen molar-refractivity contribution in [3.63, 3.8) is 0 Å². The molecule has 0 saturated heterocycles. The predicted molar refractivity (Wildman–Crippen MR) is 112 cm³/mol. The second-order valence-electron chi connectivity index (χ2n) is 6.96. The Labute approximate surface area is 166 Å². The van der Waals surface area contributed by atoms with Crippen molar-refractivity contribution in [2.45, 2.75) is 39.8 Å². The van der Waals surface area contributed by atoms with E-state index in [9.17, 15) is 0 Å². The molecule has 1 aromatic carbocycles. The number of benzene rings is 1. The lowest BCUT2D eigenvalue weighted by molar-refractivity contribution is 0.185. The van der Waals surface area contributed by atoms with Crippen LogP contribution in [0.25, 0.3) is 0 Å². The third kappa shape index (κ3) is 6.64.